The molecule has 1 aromatic carbocycles. The molecular weight excluding hydrogens is 192 g/mol. The predicted octanol–water partition coefficient (Wildman–Crippen LogP) is 0.719. The third-order valence-corrected chi connectivity index (χ3v) is 2.79. The largest absolute Gasteiger partial charge is 0.183 e. The Bertz CT molecular complexity index is 787. The Balaban J connectivity index is 2.53. The Hall–Kier alpha value is -2.30. The van der Waals surface area contributed by atoms with E-state index >= 15 is 0 Å². The van der Waals surface area contributed by atoms with Crippen LogP contribution in [0.15, 0.2) is 18.3 Å². The van der Waals surface area contributed by atoms with Gasteiger partial charge in [-0.1, -0.05) is 12.1 Å². The smallest absolute Gasteiger partial charge is 0.0535 e. The summed E-state index contributed by atoms with van der Waals surface area (Å²) in [6, 6.07) is 3.87. The molecule has 2 heterocycles. The summed E-state index contributed by atoms with van der Waals surface area (Å²) in [5, 5.41) is 8.83. The van der Waals surface area contributed by atoms with Gasteiger partial charge in [0.05, 0.1) is 9.17 Å². The van der Waals surface area contributed by atoms with Crippen molar-refractivity contribution in [1.82, 2.24) is 14.9 Å². The molecule has 0 atom stereocenters. The fourth-order valence-corrected chi connectivity index (χ4v) is 2.14. The lowest BCUT2D eigenvalue weighted by Gasteiger charge is -1.95. The first-order chi connectivity index (χ1) is 7.34. The van der Waals surface area contributed by atoms with Gasteiger partial charge in [0.1, 0.15) is 5.52 Å². The second kappa shape index (κ2) is 2.03. The van der Waals surface area contributed by atoms with Crippen molar-refractivity contribution in [3.8, 4) is 0 Å². The fraction of sp³-hybridized carbons (Fsp3) is 0. The molecule has 15 heavy (non-hydrogen) atoms. The van der Waals surface area contributed by atoms with Gasteiger partial charge >= 0.3 is 0 Å². The molecule has 2 aromatic heterocycles. The summed E-state index contributed by atoms with van der Waals surface area (Å²) >= 11 is 0. The summed E-state index contributed by atoms with van der Waals surface area (Å²) < 4.78 is 1.99. The molecule has 4 rings (SSSR count). The highest BCUT2D eigenvalue weighted by Gasteiger charge is 2.21. The van der Waals surface area contributed by atoms with Gasteiger partial charge in [-0.2, -0.15) is 0 Å². The summed E-state index contributed by atoms with van der Waals surface area (Å²) in [6.45, 7) is 0. The zero-order valence-corrected chi connectivity index (χ0v) is 7.58. The number of benzene rings is 1. The summed E-state index contributed by atoms with van der Waals surface area (Å²) in [5.41, 5.74) is 3.60. The molecule has 0 N–H and O–H groups in total. The first-order valence-corrected chi connectivity index (χ1v) is 4.60. The lowest BCUT2D eigenvalue weighted by Crippen LogP contribution is -2.26. The number of hydrogen-bond acceptors (Lipinski definition) is 3. The molecule has 0 radical (unpaired) electrons. The predicted molar refractivity (Wildman–Crippen MR) is 54.0 cm³/mol. The quantitative estimate of drug-likeness (QED) is 0.390. The van der Waals surface area contributed by atoms with E-state index in [4.69, 9.17) is 0 Å². The monoisotopic (exact) mass is 197 g/mol. The van der Waals surface area contributed by atoms with Crippen LogP contribution in [-0.2, 0) is 0 Å². The highest BCUT2D eigenvalue weighted by atomic mass is 16.3. The van der Waals surface area contributed by atoms with Crippen LogP contribution < -0.4 is 4.54 Å². The molecule has 0 aliphatic heterocycles. The van der Waals surface area contributed by atoms with Crippen molar-refractivity contribution in [2.75, 3.05) is 0 Å². The molecule has 0 amide bonds. The second-order valence-electron chi connectivity index (χ2n) is 3.60. The molecule has 0 saturated heterocycles. The SMILES string of the molecule is O=[n+]1cc2c3c(ccc4nnn1c43)C=C2. The van der Waals surface area contributed by atoms with Gasteiger partial charge in [-0.15, -0.1) is 0 Å². The van der Waals surface area contributed by atoms with Crippen molar-refractivity contribution in [1.29, 1.82) is 0 Å². The molecule has 0 spiro atoms. The Morgan fingerprint density at radius 2 is 2.07 bits per heavy atom. The Morgan fingerprint density at radius 3 is 3.00 bits per heavy atom. The maximum atomic E-state index is 11.6. The lowest BCUT2D eigenvalue weighted by atomic mass is 10.1. The first kappa shape index (κ1) is 7.05. The van der Waals surface area contributed by atoms with Crippen LogP contribution >= 0.6 is 0 Å². The zero-order valence-electron chi connectivity index (χ0n) is 7.58. The third-order valence-electron chi connectivity index (χ3n) is 2.79. The van der Waals surface area contributed by atoms with Crippen LogP contribution in [0.2, 0.25) is 0 Å². The van der Waals surface area contributed by atoms with Crippen molar-refractivity contribution in [3.05, 3.63) is 34.4 Å². The highest BCUT2D eigenvalue weighted by Crippen LogP contribution is 2.31. The van der Waals surface area contributed by atoms with E-state index in [1.807, 2.05) is 24.3 Å². The average Bonchev–Trinajstić information content (AvgIpc) is 2.79. The molecular formula is C10H5N4O+. The van der Waals surface area contributed by atoms with Crippen molar-refractivity contribution in [2.45, 2.75) is 0 Å². The number of hydrogen-bond donors (Lipinski definition) is 0. The summed E-state index contributed by atoms with van der Waals surface area (Å²) in [6.07, 6.45) is 5.45. The average molecular weight is 197 g/mol. The maximum Gasteiger partial charge on any atom is 0.183 e. The minimum absolute atomic E-state index is 0.705. The van der Waals surface area contributed by atoms with Crippen molar-refractivity contribution in [2.24, 2.45) is 0 Å². The Kier molecular flexibility index (Phi) is 0.954. The van der Waals surface area contributed by atoms with Crippen LogP contribution in [0.3, 0.4) is 0 Å². The molecule has 0 unspecified atom stereocenters. The first-order valence-electron chi connectivity index (χ1n) is 4.60. The molecule has 1 aliphatic carbocycles. The summed E-state index contributed by atoms with van der Waals surface area (Å²) in [5.74, 6) is 0. The molecule has 5 nitrogen and oxygen atoms in total. The molecule has 0 bridgehead atoms. The van der Waals surface area contributed by atoms with Crippen LogP contribution in [-0.4, -0.2) is 14.9 Å². The van der Waals surface area contributed by atoms with E-state index in [-0.39, 0.29) is 0 Å². The zero-order chi connectivity index (χ0) is 9.99. The van der Waals surface area contributed by atoms with Crippen molar-refractivity contribution < 1.29 is 4.54 Å². The number of nitrogens with zero attached hydrogens (tertiary/aromatic N) is 4. The van der Waals surface area contributed by atoms with Gasteiger partial charge in [0.25, 0.3) is 0 Å². The molecule has 5 heteroatoms. The lowest BCUT2D eigenvalue weighted by molar-refractivity contribution is -0.584. The number of aromatic nitrogens is 4. The van der Waals surface area contributed by atoms with Gasteiger partial charge in [-0.05, 0) is 27.7 Å². The van der Waals surface area contributed by atoms with Crippen LogP contribution in [0.25, 0.3) is 28.6 Å². The van der Waals surface area contributed by atoms with Crippen LogP contribution in [0.4, 0.5) is 0 Å². The minimum Gasteiger partial charge on any atom is -0.0535 e. The van der Waals surface area contributed by atoms with Crippen molar-refractivity contribution >= 4 is 28.6 Å². The molecule has 70 valence electrons. The minimum atomic E-state index is 0.705. The van der Waals surface area contributed by atoms with Gasteiger partial charge in [0.2, 0.25) is 0 Å². The molecule has 1 aliphatic rings. The summed E-state index contributed by atoms with van der Waals surface area (Å²) in [7, 11) is 0. The van der Waals surface area contributed by atoms with Crippen LogP contribution in [0.5, 0.6) is 0 Å². The third kappa shape index (κ3) is 0.665. The van der Waals surface area contributed by atoms with Crippen molar-refractivity contribution in [3.63, 3.8) is 0 Å². The van der Waals surface area contributed by atoms with E-state index in [0.29, 0.717) is 4.54 Å². The van der Waals surface area contributed by atoms with Gasteiger partial charge in [0.15, 0.2) is 16.9 Å². The van der Waals surface area contributed by atoms with E-state index in [2.05, 4.69) is 10.3 Å². The van der Waals surface area contributed by atoms with E-state index in [9.17, 15) is 4.91 Å². The molecule has 3 aromatic rings. The summed E-state index contributed by atoms with van der Waals surface area (Å²) in [4.78, 5) is 11.6. The van der Waals surface area contributed by atoms with E-state index in [0.717, 1.165) is 27.5 Å². The van der Waals surface area contributed by atoms with E-state index in [1.54, 1.807) is 0 Å². The number of rotatable bonds is 0. The van der Waals surface area contributed by atoms with Crippen LogP contribution in [0, 0.1) is 4.91 Å². The van der Waals surface area contributed by atoms with E-state index in [1.165, 1.54) is 10.8 Å². The Labute approximate surface area is 83.2 Å². The molecule has 0 fully saturated rings. The standard InChI is InChI=1S/C10H5N4O/c15-13-5-7-2-1-6-3-4-8-10(9(6)7)14(13)12-11-8/h1-5H/q+1. The maximum absolute atomic E-state index is 11.6. The van der Waals surface area contributed by atoms with Crippen LogP contribution in [0.1, 0.15) is 11.1 Å². The Morgan fingerprint density at radius 1 is 1.20 bits per heavy atom. The fourth-order valence-electron chi connectivity index (χ4n) is 2.14. The molecule has 0 saturated carbocycles. The van der Waals surface area contributed by atoms with Gasteiger partial charge in [0, 0.05) is 10.9 Å². The van der Waals surface area contributed by atoms with Gasteiger partial charge in [-0.3, -0.25) is 0 Å². The van der Waals surface area contributed by atoms with E-state index < -0.39 is 0 Å². The van der Waals surface area contributed by atoms with Gasteiger partial charge in [-0.25, -0.2) is 0 Å². The normalized spacial score (nSPS) is 13.3. The second-order valence-corrected chi connectivity index (χ2v) is 3.60. The topological polar surface area (TPSA) is 53.2 Å². The van der Waals surface area contributed by atoms with Gasteiger partial charge < -0.3 is 0 Å². The highest BCUT2D eigenvalue weighted by molar-refractivity contribution is 6.07.